The Kier molecular flexibility index (Phi) is 5.29. The van der Waals surface area contributed by atoms with Crippen LogP contribution in [0.2, 0.25) is 0 Å². The summed E-state index contributed by atoms with van der Waals surface area (Å²) in [5.41, 5.74) is 2.56. The highest BCUT2D eigenvalue weighted by molar-refractivity contribution is 5.79. The Labute approximate surface area is 178 Å². The van der Waals surface area contributed by atoms with Crippen LogP contribution in [0.4, 0.5) is 0 Å². The van der Waals surface area contributed by atoms with Crippen molar-refractivity contribution in [1.82, 2.24) is 24.0 Å². The molecule has 0 aliphatic rings. The van der Waals surface area contributed by atoms with Gasteiger partial charge in [0.2, 0.25) is 5.91 Å². The standard InChI is InChI=1S/C23H23N5O3/c1-15-9-11-17(12-10-15)19(16-7-5-4-6-8-16)25-18(29)13-28-14-24-21-20(28)22(30)27(3)23(31)26(21)2/h4-12,14,19H,13H2,1-3H3,(H,25,29). The largest absolute Gasteiger partial charge is 0.344 e. The van der Waals surface area contributed by atoms with E-state index in [4.69, 9.17) is 0 Å². The third-order valence-corrected chi connectivity index (χ3v) is 5.38. The van der Waals surface area contributed by atoms with Gasteiger partial charge in [0.1, 0.15) is 6.54 Å². The third kappa shape index (κ3) is 3.79. The number of hydrogen-bond acceptors (Lipinski definition) is 4. The van der Waals surface area contributed by atoms with Crippen LogP contribution in [0.3, 0.4) is 0 Å². The lowest BCUT2D eigenvalue weighted by molar-refractivity contribution is -0.122. The SMILES string of the molecule is Cc1ccc(C(NC(=O)Cn2cnc3c2c(=O)n(C)c(=O)n3C)c2ccccc2)cc1. The summed E-state index contributed by atoms with van der Waals surface area (Å²) in [7, 11) is 2.95. The number of rotatable bonds is 5. The Morgan fingerprint density at radius 2 is 1.61 bits per heavy atom. The molecule has 1 amide bonds. The number of benzene rings is 2. The molecule has 0 radical (unpaired) electrons. The van der Waals surface area contributed by atoms with Gasteiger partial charge in [-0.25, -0.2) is 9.78 Å². The number of fused-ring (bicyclic) bond motifs is 1. The Balaban J connectivity index is 1.67. The van der Waals surface area contributed by atoms with E-state index in [1.165, 1.54) is 22.5 Å². The zero-order valence-corrected chi connectivity index (χ0v) is 17.6. The fraction of sp³-hybridized carbons (Fsp3) is 0.217. The minimum Gasteiger partial charge on any atom is -0.344 e. The van der Waals surface area contributed by atoms with E-state index in [0.717, 1.165) is 21.3 Å². The molecule has 158 valence electrons. The monoisotopic (exact) mass is 417 g/mol. The van der Waals surface area contributed by atoms with Crippen LogP contribution in [0.15, 0.2) is 70.5 Å². The van der Waals surface area contributed by atoms with Crippen LogP contribution in [-0.2, 0) is 25.4 Å². The Hall–Kier alpha value is -3.94. The van der Waals surface area contributed by atoms with Crippen LogP contribution < -0.4 is 16.6 Å². The smallest absolute Gasteiger partial charge is 0.332 e. The second-order valence-corrected chi connectivity index (χ2v) is 7.57. The van der Waals surface area contributed by atoms with Crippen molar-refractivity contribution in [2.45, 2.75) is 19.5 Å². The highest BCUT2D eigenvalue weighted by Gasteiger charge is 2.19. The molecule has 0 saturated heterocycles. The summed E-state index contributed by atoms with van der Waals surface area (Å²) in [5, 5.41) is 3.07. The number of nitrogens with one attached hydrogen (secondary N) is 1. The van der Waals surface area contributed by atoms with Gasteiger partial charge in [0.05, 0.1) is 12.4 Å². The molecule has 0 spiro atoms. The molecule has 4 rings (SSSR count). The van der Waals surface area contributed by atoms with Crippen LogP contribution in [0.25, 0.3) is 11.2 Å². The van der Waals surface area contributed by atoms with E-state index in [0.29, 0.717) is 0 Å². The predicted molar refractivity (Wildman–Crippen MR) is 118 cm³/mol. The second-order valence-electron chi connectivity index (χ2n) is 7.57. The minimum atomic E-state index is -0.485. The van der Waals surface area contributed by atoms with E-state index >= 15 is 0 Å². The number of hydrogen-bond donors (Lipinski definition) is 1. The van der Waals surface area contributed by atoms with Gasteiger partial charge in [-0.2, -0.15) is 0 Å². The first-order valence-electron chi connectivity index (χ1n) is 9.88. The van der Waals surface area contributed by atoms with Gasteiger partial charge >= 0.3 is 5.69 Å². The highest BCUT2D eigenvalue weighted by Crippen LogP contribution is 2.22. The molecular weight excluding hydrogens is 394 g/mol. The molecule has 8 nitrogen and oxygen atoms in total. The minimum absolute atomic E-state index is 0.0981. The zero-order valence-electron chi connectivity index (χ0n) is 17.6. The summed E-state index contributed by atoms with van der Waals surface area (Å²) in [6, 6.07) is 17.4. The zero-order chi connectivity index (χ0) is 22.1. The van der Waals surface area contributed by atoms with Crippen molar-refractivity contribution in [3.63, 3.8) is 0 Å². The van der Waals surface area contributed by atoms with Gasteiger partial charge in [-0.1, -0.05) is 60.2 Å². The topological polar surface area (TPSA) is 90.9 Å². The highest BCUT2D eigenvalue weighted by atomic mass is 16.2. The lowest BCUT2D eigenvalue weighted by Gasteiger charge is -2.20. The molecule has 1 unspecified atom stereocenters. The molecular formula is C23H23N5O3. The van der Waals surface area contributed by atoms with Crippen LogP contribution >= 0.6 is 0 Å². The molecule has 0 aliphatic carbocycles. The average molecular weight is 417 g/mol. The molecule has 8 heteroatoms. The fourth-order valence-corrected chi connectivity index (χ4v) is 3.64. The molecule has 31 heavy (non-hydrogen) atoms. The van der Waals surface area contributed by atoms with Gasteiger partial charge in [0.15, 0.2) is 11.2 Å². The molecule has 0 fully saturated rings. The van der Waals surface area contributed by atoms with Crippen molar-refractivity contribution in [3.8, 4) is 0 Å². The molecule has 1 N–H and O–H groups in total. The van der Waals surface area contributed by atoms with Crippen LogP contribution in [0, 0.1) is 6.92 Å². The maximum absolute atomic E-state index is 13.0. The van der Waals surface area contributed by atoms with Gasteiger partial charge in [-0.3, -0.25) is 18.7 Å². The summed E-state index contributed by atoms with van der Waals surface area (Å²) in [5.74, 6) is -0.273. The Morgan fingerprint density at radius 3 is 2.29 bits per heavy atom. The van der Waals surface area contributed by atoms with E-state index in [9.17, 15) is 14.4 Å². The van der Waals surface area contributed by atoms with Crippen LogP contribution in [0.1, 0.15) is 22.7 Å². The summed E-state index contributed by atoms with van der Waals surface area (Å²) in [6.07, 6.45) is 1.41. The van der Waals surface area contributed by atoms with Crippen molar-refractivity contribution >= 4 is 17.1 Å². The number of aryl methyl sites for hydroxylation is 2. The molecule has 2 heterocycles. The summed E-state index contributed by atoms with van der Waals surface area (Å²) < 4.78 is 3.78. The first kappa shape index (κ1) is 20.3. The van der Waals surface area contributed by atoms with Gasteiger partial charge in [-0.15, -0.1) is 0 Å². The lowest BCUT2D eigenvalue weighted by atomic mass is 9.98. The number of imidazole rings is 1. The van der Waals surface area contributed by atoms with Crippen molar-refractivity contribution in [1.29, 1.82) is 0 Å². The molecule has 0 bridgehead atoms. The second kappa shape index (κ2) is 8.06. The Bertz CT molecular complexity index is 1360. The van der Waals surface area contributed by atoms with Gasteiger partial charge in [0.25, 0.3) is 5.56 Å². The molecule has 0 saturated carbocycles. The quantitative estimate of drug-likeness (QED) is 0.535. The van der Waals surface area contributed by atoms with E-state index < -0.39 is 11.2 Å². The van der Waals surface area contributed by atoms with Crippen LogP contribution in [-0.4, -0.2) is 24.6 Å². The van der Waals surface area contributed by atoms with Crippen LogP contribution in [0.5, 0.6) is 0 Å². The average Bonchev–Trinajstić information content (AvgIpc) is 3.19. The van der Waals surface area contributed by atoms with Gasteiger partial charge < -0.3 is 9.88 Å². The van der Waals surface area contributed by atoms with Crippen molar-refractivity contribution in [2.75, 3.05) is 0 Å². The number of carbonyl (C=O) groups is 1. The number of aromatic nitrogens is 4. The summed E-state index contributed by atoms with van der Waals surface area (Å²) in [6.45, 7) is 1.91. The van der Waals surface area contributed by atoms with E-state index in [2.05, 4.69) is 10.3 Å². The van der Waals surface area contributed by atoms with E-state index in [1.54, 1.807) is 7.05 Å². The molecule has 4 aromatic rings. The third-order valence-electron chi connectivity index (χ3n) is 5.38. The first-order chi connectivity index (χ1) is 14.9. The number of carbonyl (C=O) groups excluding carboxylic acids is 1. The fourth-order valence-electron chi connectivity index (χ4n) is 3.64. The summed E-state index contributed by atoms with van der Waals surface area (Å²) in [4.78, 5) is 41.9. The maximum atomic E-state index is 13.0. The van der Waals surface area contributed by atoms with E-state index in [-0.39, 0.29) is 29.7 Å². The van der Waals surface area contributed by atoms with Gasteiger partial charge in [-0.05, 0) is 18.1 Å². The van der Waals surface area contributed by atoms with E-state index in [1.807, 2.05) is 61.5 Å². The normalized spacial score (nSPS) is 12.1. The number of nitrogens with zero attached hydrogens (tertiary/aromatic N) is 4. The molecule has 2 aromatic heterocycles. The molecule has 0 aliphatic heterocycles. The molecule has 2 aromatic carbocycles. The van der Waals surface area contributed by atoms with Crippen molar-refractivity contribution in [3.05, 3.63) is 98.5 Å². The molecule has 1 atom stereocenters. The predicted octanol–water partition coefficient (Wildman–Crippen LogP) is 1.65. The van der Waals surface area contributed by atoms with Crippen molar-refractivity contribution in [2.24, 2.45) is 14.1 Å². The first-order valence-corrected chi connectivity index (χ1v) is 9.88. The summed E-state index contributed by atoms with van der Waals surface area (Å²) >= 11 is 0. The Morgan fingerprint density at radius 1 is 0.968 bits per heavy atom. The number of amides is 1. The lowest BCUT2D eigenvalue weighted by Crippen LogP contribution is -2.38. The van der Waals surface area contributed by atoms with Crippen molar-refractivity contribution < 1.29 is 4.79 Å². The maximum Gasteiger partial charge on any atom is 0.332 e. The van der Waals surface area contributed by atoms with Gasteiger partial charge in [0, 0.05) is 14.1 Å².